The fourth-order valence-corrected chi connectivity index (χ4v) is 2.98. The van der Waals surface area contributed by atoms with Crippen LogP contribution < -0.4 is 20.9 Å². The van der Waals surface area contributed by atoms with Gasteiger partial charge in [-0.3, -0.25) is 20.4 Å². The first-order valence-electron chi connectivity index (χ1n) is 10.3. The van der Waals surface area contributed by atoms with Crippen LogP contribution in [0.3, 0.4) is 0 Å². The predicted molar refractivity (Wildman–Crippen MR) is 122 cm³/mol. The van der Waals surface area contributed by atoms with Gasteiger partial charge in [-0.05, 0) is 35.4 Å². The number of carbonyl (C=O) groups excluding carboxylic acids is 3. The average Bonchev–Trinajstić information content (AvgIpc) is 2.87. The standard InChI is InChI=1S/C25H25N3O5/c1-32-21-14-12-18(13-15-21)16-22(26-25(31)33-17-19-8-4-2-5-9-19)24(30)28-27-23(29)20-10-6-3-7-11-20/h2-15,22H,16-17H2,1H3,(H,26,31)(H,27,29)(H,28,30). The van der Waals surface area contributed by atoms with E-state index < -0.39 is 23.9 Å². The van der Waals surface area contributed by atoms with Crippen LogP contribution in [-0.2, 0) is 22.6 Å². The molecule has 170 valence electrons. The van der Waals surface area contributed by atoms with Crippen molar-refractivity contribution in [3.8, 4) is 5.75 Å². The summed E-state index contributed by atoms with van der Waals surface area (Å²) in [6, 6.07) is 23.8. The van der Waals surface area contributed by atoms with Crippen molar-refractivity contribution >= 4 is 17.9 Å². The number of nitrogens with one attached hydrogen (secondary N) is 3. The lowest BCUT2D eigenvalue weighted by Crippen LogP contribution is -2.53. The van der Waals surface area contributed by atoms with E-state index in [0.29, 0.717) is 11.3 Å². The van der Waals surface area contributed by atoms with E-state index >= 15 is 0 Å². The van der Waals surface area contributed by atoms with Crippen LogP contribution in [0.5, 0.6) is 5.75 Å². The minimum Gasteiger partial charge on any atom is -0.497 e. The number of benzene rings is 3. The van der Waals surface area contributed by atoms with Gasteiger partial charge in [0.15, 0.2) is 0 Å². The number of amides is 3. The van der Waals surface area contributed by atoms with Crippen LogP contribution in [0.4, 0.5) is 4.79 Å². The molecule has 0 bridgehead atoms. The van der Waals surface area contributed by atoms with E-state index in [2.05, 4.69) is 16.2 Å². The Hall–Kier alpha value is -4.33. The highest BCUT2D eigenvalue weighted by atomic mass is 16.5. The molecule has 0 heterocycles. The van der Waals surface area contributed by atoms with Crippen molar-refractivity contribution in [2.24, 2.45) is 0 Å². The van der Waals surface area contributed by atoms with Gasteiger partial charge in [0.1, 0.15) is 18.4 Å². The Balaban J connectivity index is 1.63. The van der Waals surface area contributed by atoms with Crippen LogP contribution in [0, 0.1) is 0 Å². The molecule has 0 aliphatic heterocycles. The number of ether oxygens (including phenoxy) is 2. The lowest BCUT2D eigenvalue weighted by Gasteiger charge is -2.19. The van der Waals surface area contributed by atoms with Crippen molar-refractivity contribution in [1.82, 2.24) is 16.2 Å². The number of carbonyl (C=O) groups is 3. The van der Waals surface area contributed by atoms with E-state index in [1.807, 2.05) is 30.3 Å². The molecular weight excluding hydrogens is 422 g/mol. The van der Waals surface area contributed by atoms with Gasteiger partial charge < -0.3 is 14.8 Å². The SMILES string of the molecule is COc1ccc(CC(NC(=O)OCc2ccccc2)C(=O)NNC(=O)c2ccccc2)cc1. The van der Waals surface area contributed by atoms with E-state index in [4.69, 9.17) is 9.47 Å². The van der Waals surface area contributed by atoms with Crippen molar-refractivity contribution in [2.75, 3.05) is 7.11 Å². The number of rotatable bonds is 8. The van der Waals surface area contributed by atoms with E-state index in [9.17, 15) is 14.4 Å². The maximum atomic E-state index is 12.8. The molecule has 8 nitrogen and oxygen atoms in total. The monoisotopic (exact) mass is 447 g/mol. The second kappa shape index (κ2) is 11.9. The van der Waals surface area contributed by atoms with Gasteiger partial charge in [-0.2, -0.15) is 0 Å². The van der Waals surface area contributed by atoms with Crippen molar-refractivity contribution in [2.45, 2.75) is 19.1 Å². The average molecular weight is 447 g/mol. The summed E-state index contributed by atoms with van der Waals surface area (Å²) in [4.78, 5) is 37.4. The maximum absolute atomic E-state index is 12.8. The molecule has 0 aromatic heterocycles. The molecular formula is C25H25N3O5. The third kappa shape index (κ3) is 7.39. The summed E-state index contributed by atoms with van der Waals surface area (Å²) < 4.78 is 10.4. The molecule has 3 rings (SSSR count). The lowest BCUT2D eigenvalue weighted by atomic mass is 10.1. The fraction of sp³-hybridized carbons (Fsp3) is 0.160. The summed E-state index contributed by atoms with van der Waals surface area (Å²) in [6.45, 7) is 0.0638. The predicted octanol–water partition coefficient (Wildman–Crippen LogP) is 2.99. The number of alkyl carbamates (subject to hydrolysis) is 1. The zero-order chi connectivity index (χ0) is 23.5. The first-order valence-corrected chi connectivity index (χ1v) is 10.3. The molecule has 8 heteroatoms. The Kier molecular flexibility index (Phi) is 8.41. The molecule has 3 aromatic carbocycles. The van der Waals surface area contributed by atoms with Gasteiger partial charge in [-0.25, -0.2) is 4.79 Å². The number of hydrazine groups is 1. The Labute approximate surface area is 191 Å². The lowest BCUT2D eigenvalue weighted by molar-refractivity contribution is -0.123. The van der Waals surface area contributed by atoms with E-state index in [-0.39, 0.29) is 13.0 Å². The third-order valence-electron chi connectivity index (χ3n) is 4.76. The molecule has 0 fully saturated rings. The summed E-state index contributed by atoms with van der Waals surface area (Å²) in [7, 11) is 1.56. The molecule has 0 radical (unpaired) electrons. The van der Waals surface area contributed by atoms with Gasteiger partial charge in [0.2, 0.25) is 0 Å². The van der Waals surface area contributed by atoms with Gasteiger partial charge in [0.25, 0.3) is 11.8 Å². The zero-order valence-corrected chi connectivity index (χ0v) is 18.1. The molecule has 0 saturated carbocycles. The quantitative estimate of drug-likeness (QED) is 0.461. The van der Waals surface area contributed by atoms with Crippen LogP contribution in [-0.4, -0.2) is 31.1 Å². The second-order valence-corrected chi connectivity index (χ2v) is 7.12. The summed E-state index contributed by atoms with van der Waals surface area (Å²) in [5.41, 5.74) is 6.73. The van der Waals surface area contributed by atoms with Crippen LogP contribution in [0.25, 0.3) is 0 Å². The summed E-state index contributed by atoms with van der Waals surface area (Å²) in [5, 5.41) is 2.57. The van der Waals surface area contributed by atoms with Gasteiger partial charge in [-0.15, -0.1) is 0 Å². The largest absolute Gasteiger partial charge is 0.497 e. The van der Waals surface area contributed by atoms with Gasteiger partial charge in [0.05, 0.1) is 7.11 Å². The minimum atomic E-state index is -0.988. The van der Waals surface area contributed by atoms with Crippen LogP contribution in [0.2, 0.25) is 0 Å². The first kappa shape index (κ1) is 23.3. The van der Waals surface area contributed by atoms with Crippen LogP contribution >= 0.6 is 0 Å². The Morgan fingerprint density at radius 2 is 1.42 bits per heavy atom. The smallest absolute Gasteiger partial charge is 0.408 e. The Morgan fingerprint density at radius 1 is 0.788 bits per heavy atom. The Morgan fingerprint density at radius 3 is 2.06 bits per heavy atom. The van der Waals surface area contributed by atoms with Crippen LogP contribution in [0.15, 0.2) is 84.9 Å². The van der Waals surface area contributed by atoms with Gasteiger partial charge >= 0.3 is 6.09 Å². The number of hydrogen-bond donors (Lipinski definition) is 3. The summed E-state index contributed by atoms with van der Waals surface area (Å²) in [5.74, 6) is -0.393. The fourth-order valence-electron chi connectivity index (χ4n) is 2.98. The molecule has 0 aliphatic rings. The first-order chi connectivity index (χ1) is 16.0. The molecule has 3 N–H and O–H groups in total. The molecule has 3 amide bonds. The summed E-state index contributed by atoms with van der Waals surface area (Å²) >= 11 is 0. The molecule has 0 aliphatic carbocycles. The van der Waals surface area contributed by atoms with E-state index in [0.717, 1.165) is 11.1 Å². The minimum absolute atomic E-state index is 0.0638. The molecule has 1 unspecified atom stereocenters. The maximum Gasteiger partial charge on any atom is 0.408 e. The van der Waals surface area contributed by atoms with Crippen molar-refractivity contribution in [1.29, 1.82) is 0 Å². The van der Waals surface area contributed by atoms with Gasteiger partial charge in [0, 0.05) is 12.0 Å². The molecule has 0 spiro atoms. The number of hydrogen-bond acceptors (Lipinski definition) is 5. The highest BCUT2D eigenvalue weighted by Crippen LogP contribution is 2.13. The highest BCUT2D eigenvalue weighted by molar-refractivity contribution is 5.96. The normalized spacial score (nSPS) is 11.1. The van der Waals surface area contributed by atoms with Crippen molar-refractivity contribution in [3.05, 3.63) is 102 Å². The second-order valence-electron chi connectivity index (χ2n) is 7.12. The van der Waals surface area contributed by atoms with E-state index in [1.165, 1.54) is 0 Å². The molecule has 0 saturated heterocycles. The third-order valence-corrected chi connectivity index (χ3v) is 4.76. The number of methoxy groups -OCH3 is 1. The van der Waals surface area contributed by atoms with Crippen molar-refractivity contribution < 1.29 is 23.9 Å². The van der Waals surface area contributed by atoms with Crippen LogP contribution in [0.1, 0.15) is 21.5 Å². The Bertz CT molecular complexity index is 1060. The molecule has 1 atom stereocenters. The molecule has 33 heavy (non-hydrogen) atoms. The zero-order valence-electron chi connectivity index (χ0n) is 18.1. The summed E-state index contributed by atoms with van der Waals surface area (Å²) in [6.07, 6.45) is -0.570. The van der Waals surface area contributed by atoms with Gasteiger partial charge in [-0.1, -0.05) is 60.7 Å². The highest BCUT2D eigenvalue weighted by Gasteiger charge is 2.23. The molecule has 3 aromatic rings. The topological polar surface area (TPSA) is 106 Å². The van der Waals surface area contributed by atoms with Crippen molar-refractivity contribution in [3.63, 3.8) is 0 Å². The van der Waals surface area contributed by atoms with E-state index in [1.54, 1.807) is 61.7 Å².